The molecule has 4 amide bonds. The van der Waals surface area contributed by atoms with Crippen molar-refractivity contribution in [2.75, 3.05) is 18.4 Å². The van der Waals surface area contributed by atoms with Gasteiger partial charge >= 0.3 is 13.2 Å². The van der Waals surface area contributed by atoms with Crippen LogP contribution in [-0.2, 0) is 19.1 Å². The maximum Gasteiger partial charge on any atom is 0.488 e. The van der Waals surface area contributed by atoms with Crippen LogP contribution in [0, 0.1) is 17.8 Å². The van der Waals surface area contributed by atoms with Crippen LogP contribution in [0.2, 0.25) is 0 Å². The molecule has 11 nitrogen and oxygen atoms in total. The number of rotatable bonds is 15. The van der Waals surface area contributed by atoms with Gasteiger partial charge in [0.1, 0.15) is 5.60 Å². The van der Waals surface area contributed by atoms with Crippen LogP contribution in [0.4, 0.5) is 10.5 Å². The van der Waals surface area contributed by atoms with Crippen LogP contribution in [-0.4, -0.2) is 65.7 Å². The summed E-state index contributed by atoms with van der Waals surface area (Å²) < 4.78 is 5.18. The molecule has 0 spiro atoms. The van der Waals surface area contributed by atoms with Gasteiger partial charge < -0.3 is 36.1 Å². The molecule has 0 saturated carbocycles. The van der Waals surface area contributed by atoms with E-state index < -0.39 is 36.6 Å². The lowest BCUT2D eigenvalue weighted by Crippen LogP contribution is -2.39. The number of alkyl carbamates (subject to hydrolysis) is 1. The van der Waals surface area contributed by atoms with E-state index in [4.69, 9.17) is 4.74 Å². The topological polar surface area (TPSA) is 166 Å². The minimum atomic E-state index is -1.68. The van der Waals surface area contributed by atoms with E-state index in [2.05, 4.69) is 21.3 Å². The molecular formula is C28H47BN4O7. The molecule has 0 aromatic heterocycles. The molecule has 1 rings (SSSR count). The summed E-state index contributed by atoms with van der Waals surface area (Å²) in [4.78, 5) is 50.7. The molecule has 1 aromatic carbocycles. The Bertz CT molecular complexity index is 982. The van der Waals surface area contributed by atoms with Crippen molar-refractivity contribution >= 4 is 42.1 Å². The van der Waals surface area contributed by atoms with E-state index in [1.54, 1.807) is 39.8 Å². The predicted molar refractivity (Wildman–Crippen MR) is 156 cm³/mol. The monoisotopic (exact) mass is 562 g/mol. The van der Waals surface area contributed by atoms with Gasteiger partial charge in [-0.05, 0) is 77.9 Å². The number of carbonyl (C=O) groups is 4. The first-order chi connectivity index (χ1) is 18.6. The van der Waals surface area contributed by atoms with Crippen LogP contribution in [0.15, 0.2) is 24.3 Å². The van der Waals surface area contributed by atoms with Crippen molar-refractivity contribution in [3.8, 4) is 0 Å². The molecule has 0 radical (unpaired) electrons. The highest BCUT2D eigenvalue weighted by Crippen LogP contribution is 2.25. The third-order valence-corrected chi connectivity index (χ3v) is 6.09. The number of nitrogens with one attached hydrogen (secondary N) is 4. The van der Waals surface area contributed by atoms with Crippen molar-refractivity contribution in [3.63, 3.8) is 0 Å². The Morgan fingerprint density at radius 3 is 2.15 bits per heavy atom. The second-order valence-corrected chi connectivity index (χ2v) is 11.4. The highest BCUT2D eigenvalue weighted by Gasteiger charge is 2.30. The van der Waals surface area contributed by atoms with Gasteiger partial charge in [-0.15, -0.1) is 0 Å². The summed E-state index contributed by atoms with van der Waals surface area (Å²) in [5, 5.41) is 30.1. The Morgan fingerprint density at radius 2 is 1.57 bits per heavy atom. The van der Waals surface area contributed by atoms with Gasteiger partial charge in [0, 0.05) is 42.6 Å². The predicted octanol–water partition coefficient (Wildman–Crippen LogP) is 1.92. The smallest absolute Gasteiger partial charge is 0.444 e. The van der Waals surface area contributed by atoms with Crippen LogP contribution >= 0.6 is 0 Å². The first-order valence-corrected chi connectivity index (χ1v) is 13.9. The maximum absolute atomic E-state index is 13.4. The zero-order chi connectivity index (χ0) is 30.5. The Morgan fingerprint density at radius 1 is 0.925 bits per heavy atom. The minimum Gasteiger partial charge on any atom is -0.444 e. The average molecular weight is 563 g/mol. The lowest BCUT2D eigenvalue weighted by molar-refractivity contribution is -0.128. The van der Waals surface area contributed by atoms with Gasteiger partial charge in [-0.25, -0.2) is 4.79 Å². The second kappa shape index (κ2) is 16.9. The fraction of sp³-hybridized carbons (Fsp3) is 0.643. The summed E-state index contributed by atoms with van der Waals surface area (Å²) in [6.07, 6.45) is 0.969. The molecule has 3 atom stereocenters. The van der Waals surface area contributed by atoms with Gasteiger partial charge in [0.05, 0.1) is 0 Å². The molecule has 0 bridgehead atoms. The molecule has 12 heteroatoms. The first-order valence-electron chi connectivity index (χ1n) is 13.9. The maximum atomic E-state index is 13.4. The quantitative estimate of drug-likeness (QED) is 0.140. The fourth-order valence-electron chi connectivity index (χ4n) is 4.05. The summed E-state index contributed by atoms with van der Waals surface area (Å²) >= 11 is 0. The number of anilines is 1. The molecular weight excluding hydrogens is 515 g/mol. The molecule has 1 aromatic rings. The van der Waals surface area contributed by atoms with Crippen molar-refractivity contribution < 1.29 is 34.0 Å². The molecule has 40 heavy (non-hydrogen) atoms. The molecule has 6 N–H and O–H groups in total. The number of carbonyl (C=O) groups excluding carboxylic acids is 4. The summed E-state index contributed by atoms with van der Waals surface area (Å²) in [5.74, 6) is -2.33. The summed E-state index contributed by atoms with van der Waals surface area (Å²) in [5.41, 5.74) is 0.0203. The van der Waals surface area contributed by atoms with E-state index in [0.29, 0.717) is 31.6 Å². The third kappa shape index (κ3) is 13.8. The molecule has 0 aliphatic carbocycles. The van der Waals surface area contributed by atoms with Crippen molar-refractivity contribution in [1.29, 1.82) is 0 Å². The summed E-state index contributed by atoms with van der Waals surface area (Å²) in [7, 11) is -1.68. The van der Waals surface area contributed by atoms with E-state index >= 15 is 0 Å². The largest absolute Gasteiger partial charge is 0.488 e. The number of ether oxygens (including phenoxy) is 1. The number of hydrogen-bond donors (Lipinski definition) is 6. The Labute approximate surface area is 238 Å². The van der Waals surface area contributed by atoms with Crippen LogP contribution in [0.3, 0.4) is 0 Å². The van der Waals surface area contributed by atoms with E-state index in [0.717, 1.165) is 0 Å². The first kappa shape index (κ1) is 34.9. The van der Waals surface area contributed by atoms with Crippen molar-refractivity contribution in [1.82, 2.24) is 16.0 Å². The number of hydrogen-bond acceptors (Lipinski definition) is 7. The average Bonchev–Trinajstić information content (AvgIpc) is 2.84. The van der Waals surface area contributed by atoms with Gasteiger partial charge in [-0.2, -0.15) is 0 Å². The molecule has 0 aliphatic rings. The van der Waals surface area contributed by atoms with Crippen LogP contribution in [0.25, 0.3) is 0 Å². The van der Waals surface area contributed by atoms with E-state index in [9.17, 15) is 29.2 Å². The molecule has 0 fully saturated rings. The zero-order valence-electron chi connectivity index (χ0n) is 24.9. The van der Waals surface area contributed by atoms with Gasteiger partial charge in [-0.3, -0.25) is 14.4 Å². The molecule has 224 valence electrons. The molecule has 0 saturated heterocycles. The lowest BCUT2D eigenvalue weighted by atomic mass is 9.80. The third-order valence-electron chi connectivity index (χ3n) is 6.09. The second-order valence-electron chi connectivity index (χ2n) is 11.4. The Hall–Kier alpha value is -3.12. The van der Waals surface area contributed by atoms with Crippen LogP contribution in [0.1, 0.15) is 74.1 Å². The zero-order valence-corrected chi connectivity index (χ0v) is 24.9. The van der Waals surface area contributed by atoms with E-state index in [-0.39, 0.29) is 42.1 Å². The van der Waals surface area contributed by atoms with Gasteiger partial charge in [0.2, 0.25) is 17.7 Å². The Balaban J connectivity index is 2.84. The summed E-state index contributed by atoms with van der Waals surface area (Å²) in [6.45, 7) is 13.3. The van der Waals surface area contributed by atoms with Crippen LogP contribution in [0.5, 0.6) is 0 Å². The SMILES string of the molecule is CCC(CC(CC(C)C(=O)NCCCNC(=O)OC(C)(C)C)C(=O)Nc1cccc(B(O)O)c1)C(=O)NC(C)C. The van der Waals surface area contributed by atoms with Crippen molar-refractivity contribution in [2.24, 2.45) is 17.8 Å². The lowest BCUT2D eigenvalue weighted by Gasteiger charge is -2.25. The van der Waals surface area contributed by atoms with Gasteiger partial charge in [0.25, 0.3) is 0 Å². The number of benzene rings is 1. The normalized spacial score (nSPS) is 13.6. The standard InChI is InChI=1S/C28H47BN4O7/c1-8-20(25(35)32-18(2)3)16-21(26(36)33-23-12-9-11-22(17-23)29(38)39)15-19(4)24(34)30-13-10-14-31-27(37)40-28(5,6)7/h9,11-12,17-21,38-39H,8,10,13-16H2,1-7H3,(H,30,34)(H,31,37)(H,32,35)(H,33,36). The molecule has 0 heterocycles. The molecule has 3 unspecified atom stereocenters. The summed E-state index contributed by atoms with van der Waals surface area (Å²) in [6, 6.07) is 6.17. The minimum absolute atomic E-state index is 0.0454. The highest BCUT2D eigenvalue weighted by atomic mass is 16.6. The van der Waals surface area contributed by atoms with Gasteiger partial charge in [-0.1, -0.05) is 26.0 Å². The van der Waals surface area contributed by atoms with Crippen molar-refractivity contribution in [2.45, 2.75) is 85.8 Å². The Kier molecular flexibility index (Phi) is 14.7. The highest BCUT2D eigenvalue weighted by molar-refractivity contribution is 6.58. The van der Waals surface area contributed by atoms with Gasteiger partial charge in [0.15, 0.2) is 0 Å². The van der Waals surface area contributed by atoms with Crippen molar-refractivity contribution in [3.05, 3.63) is 24.3 Å². The molecule has 0 aliphatic heterocycles. The fourth-order valence-corrected chi connectivity index (χ4v) is 4.05. The van der Waals surface area contributed by atoms with Crippen LogP contribution < -0.4 is 26.7 Å². The van der Waals surface area contributed by atoms with E-state index in [1.165, 1.54) is 12.1 Å². The van der Waals surface area contributed by atoms with E-state index in [1.807, 2.05) is 20.8 Å². The number of amides is 4.